The lowest BCUT2D eigenvalue weighted by Gasteiger charge is -2.23. The van der Waals surface area contributed by atoms with Crippen LogP contribution in [0, 0.1) is 6.92 Å². The predicted molar refractivity (Wildman–Crippen MR) is 120 cm³/mol. The summed E-state index contributed by atoms with van der Waals surface area (Å²) in [6.45, 7) is 3.25. The lowest BCUT2D eigenvalue weighted by atomic mass is 10.1. The first kappa shape index (κ1) is 22.4. The van der Waals surface area contributed by atoms with Crippen molar-refractivity contribution in [2.75, 3.05) is 0 Å². The summed E-state index contributed by atoms with van der Waals surface area (Å²) in [6.07, 6.45) is 1.73. The smallest absolute Gasteiger partial charge is 0.344 e. The van der Waals surface area contributed by atoms with Crippen LogP contribution in [0.25, 0.3) is 0 Å². The molecule has 0 N–H and O–H groups in total. The van der Waals surface area contributed by atoms with Crippen LogP contribution < -0.4 is 0 Å². The zero-order valence-corrected chi connectivity index (χ0v) is 18.9. The van der Waals surface area contributed by atoms with Gasteiger partial charge in [-0.25, -0.2) is 4.79 Å². The van der Waals surface area contributed by atoms with Crippen LogP contribution in [0.5, 0.6) is 0 Å². The van der Waals surface area contributed by atoms with Crippen molar-refractivity contribution in [2.24, 2.45) is 4.40 Å². The van der Waals surface area contributed by atoms with Gasteiger partial charge in [0.05, 0.1) is 17.8 Å². The first-order valence-electron chi connectivity index (χ1n) is 10.2. The molecule has 1 aliphatic heterocycles. The molecule has 0 saturated heterocycles. The Bertz CT molecular complexity index is 1310. The van der Waals surface area contributed by atoms with Crippen LogP contribution in [0.1, 0.15) is 35.3 Å². The number of nitrogens with zero attached hydrogens (tertiary/aromatic N) is 4. The average Bonchev–Trinajstić information content (AvgIpc) is 3.23. The molecule has 2 heterocycles. The molecular weight excluding hydrogens is 444 g/mol. The summed E-state index contributed by atoms with van der Waals surface area (Å²) in [4.78, 5) is 16.9. The van der Waals surface area contributed by atoms with E-state index in [4.69, 9.17) is 9.26 Å². The average molecular weight is 467 g/mol. The van der Waals surface area contributed by atoms with Gasteiger partial charge in [-0.2, -0.15) is 13.4 Å². The van der Waals surface area contributed by atoms with Gasteiger partial charge in [-0.3, -0.25) is 4.31 Å². The Labute approximate surface area is 191 Å². The van der Waals surface area contributed by atoms with Crippen LogP contribution in [0.4, 0.5) is 0 Å². The maximum absolute atomic E-state index is 12.6. The summed E-state index contributed by atoms with van der Waals surface area (Å²) in [5.41, 5.74) is 3.04. The second kappa shape index (κ2) is 9.37. The third-order valence-corrected chi connectivity index (χ3v) is 6.26. The Morgan fingerprint density at radius 3 is 2.48 bits per heavy atom. The van der Waals surface area contributed by atoms with Crippen molar-refractivity contribution in [1.82, 2.24) is 14.4 Å². The molecule has 0 saturated carbocycles. The molecule has 2 aromatic carbocycles. The molecule has 33 heavy (non-hydrogen) atoms. The SMILES string of the molecule is CC1=NS(=O)(=O)N(Cc2ccccc2)C=C1C(=O)OCc1nc(Cc2ccc(C)cc2)no1. The molecule has 0 amide bonds. The van der Waals surface area contributed by atoms with Crippen molar-refractivity contribution in [3.8, 4) is 0 Å². The van der Waals surface area contributed by atoms with Gasteiger partial charge in [0, 0.05) is 12.6 Å². The van der Waals surface area contributed by atoms with Crippen LogP contribution in [0.2, 0.25) is 0 Å². The van der Waals surface area contributed by atoms with Gasteiger partial charge < -0.3 is 9.26 Å². The first-order valence-corrected chi connectivity index (χ1v) is 11.6. The normalized spacial score (nSPS) is 15.0. The lowest BCUT2D eigenvalue weighted by Crippen LogP contribution is -2.31. The third kappa shape index (κ3) is 5.53. The van der Waals surface area contributed by atoms with Crippen molar-refractivity contribution in [3.05, 3.63) is 94.8 Å². The van der Waals surface area contributed by atoms with Crippen molar-refractivity contribution in [1.29, 1.82) is 0 Å². The maximum atomic E-state index is 12.6. The molecule has 4 rings (SSSR count). The second-order valence-electron chi connectivity index (χ2n) is 7.57. The molecule has 9 nitrogen and oxygen atoms in total. The van der Waals surface area contributed by atoms with Crippen LogP contribution in [0.15, 0.2) is 75.3 Å². The Hall–Kier alpha value is -3.79. The standard InChI is InChI=1S/C23H22N4O5S/c1-16-8-10-18(11-9-16)12-21-24-22(32-25-21)15-31-23(28)20-14-27(33(29,30)26-17(20)2)13-19-6-4-3-5-7-19/h3-11,14H,12-13,15H2,1-2H3. The van der Waals surface area contributed by atoms with Crippen LogP contribution in [0.3, 0.4) is 0 Å². The van der Waals surface area contributed by atoms with Gasteiger partial charge in [0.2, 0.25) is 0 Å². The van der Waals surface area contributed by atoms with Gasteiger partial charge in [-0.1, -0.05) is 65.3 Å². The van der Waals surface area contributed by atoms with Gasteiger partial charge in [-0.05, 0) is 25.0 Å². The fourth-order valence-corrected chi connectivity index (χ4v) is 4.28. The van der Waals surface area contributed by atoms with E-state index in [1.165, 1.54) is 13.1 Å². The van der Waals surface area contributed by atoms with Crippen molar-refractivity contribution >= 4 is 21.9 Å². The molecular formula is C23H22N4O5S. The van der Waals surface area contributed by atoms with Gasteiger partial charge in [-0.15, -0.1) is 4.40 Å². The fraction of sp³-hybridized carbons (Fsp3) is 0.217. The highest BCUT2D eigenvalue weighted by Crippen LogP contribution is 2.20. The summed E-state index contributed by atoms with van der Waals surface area (Å²) >= 11 is 0. The minimum Gasteiger partial charge on any atom is -0.452 e. The van der Waals surface area contributed by atoms with E-state index < -0.39 is 16.2 Å². The minimum atomic E-state index is -3.94. The summed E-state index contributed by atoms with van der Waals surface area (Å²) in [5, 5.41) is 3.91. The van der Waals surface area contributed by atoms with Crippen molar-refractivity contribution < 1.29 is 22.5 Å². The quantitative estimate of drug-likeness (QED) is 0.491. The van der Waals surface area contributed by atoms with E-state index in [0.717, 1.165) is 21.0 Å². The summed E-state index contributed by atoms with van der Waals surface area (Å²) < 4.78 is 40.0. The molecule has 3 aromatic rings. The number of carbonyl (C=O) groups excluding carboxylic acids is 1. The molecule has 0 atom stereocenters. The predicted octanol–water partition coefficient (Wildman–Crippen LogP) is 3.12. The Balaban J connectivity index is 1.41. The van der Waals surface area contributed by atoms with E-state index in [0.29, 0.717) is 12.2 Å². The number of benzene rings is 2. The number of esters is 1. The van der Waals surface area contributed by atoms with Gasteiger partial charge in [0.25, 0.3) is 5.89 Å². The summed E-state index contributed by atoms with van der Waals surface area (Å²) in [5.74, 6) is -0.118. The van der Waals surface area contributed by atoms with Gasteiger partial charge >= 0.3 is 16.2 Å². The zero-order valence-electron chi connectivity index (χ0n) is 18.1. The Morgan fingerprint density at radius 1 is 1.03 bits per heavy atom. The molecule has 0 aliphatic carbocycles. The monoisotopic (exact) mass is 466 g/mol. The van der Waals surface area contributed by atoms with E-state index in [-0.39, 0.29) is 30.3 Å². The molecule has 0 radical (unpaired) electrons. The molecule has 0 spiro atoms. The molecule has 10 heteroatoms. The highest BCUT2D eigenvalue weighted by Gasteiger charge is 2.29. The van der Waals surface area contributed by atoms with Gasteiger partial charge in [0.1, 0.15) is 0 Å². The highest BCUT2D eigenvalue weighted by molar-refractivity contribution is 7.88. The second-order valence-corrected chi connectivity index (χ2v) is 9.12. The first-order chi connectivity index (χ1) is 15.8. The van der Waals surface area contributed by atoms with E-state index in [2.05, 4.69) is 14.5 Å². The molecule has 170 valence electrons. The van der Waals surface area contributed by atoms with Crippen molar-refractivity contribution in [3.63, 3.8) is 0 Å². The minimum absolute atomic E-state index is 0.0418. The largest absolute Gasteiger partial charge is 0.452 e. The van der Waals surface area contributed by atoms with Crippen LogP contribution >= 0.6 is 0 Å². The maximum Gasteiger partial charge on any atom is 0.344 e. The lowest BCUT2D eigenvalue weighted by molar-refractivity contribution is -0.140. The number of hydrogen-bond donors (Lipinski definition) is 0. The number of rotatable bonds is 7. The van der Waals surface area contributed by atoms with Crippen molar-refractivity contribution in [2.45, 2.75) is 33.4 Å². The van der Waals surface area contributed by atoms with E-state index in [1.807, 2.05) is 37.3 Å². The molecule has 1 aliphatic rings. The molecule has 0 bridgehead atoms. The number of carbonyl (C=O) groups is 1. The van der Waals surface area contributed by atoms with E-state index in [9.17, 15) is 13.2 Å². The molecule has 1 aromatic heterocycles. The Kier molecular flexibility index (Phi) is 6.36. The van der Waals surface area contributed by atoms with E-state index in [1.54, 1.807) is 24.3 Å². The fourth-order valence-electron chi connectivity index (χ4n) is 3.18. The molecule has 0 fully saturated rings. The van der Waals surface area contributed by atoms with Crippen LogP contribution in [-0.2, 0) is 39.3 Å². The van der Waals surface area contributed by atoms with Crippen LogP contribution in [-0.4, -0.2) is 34.5 Å². The summed E-state index contributed by atoms with van der Waals surface area (Å²) in [6, 6.07) is 17.0. The number of aromatic nitrogens is 2. The number of aryl methyl sites for hydroxylation is 1. The number of hydrogen-bond acceptors (Lipinski definition) is 7. The highest BCUT2D eigenvalue weighted by atomic mass is 32.2. The van der Waals surface area contributed by atoms with E-state index >= 15 is 0 Å². The van der Waals surface area contributed by atoms with Gasteiger partial charge in [0.15, 0.2) is 12.4 Å². The number of ether oxygens (including phenoxy) is 1. The molecule has 0 unspecified atom stereocenters. The summed E-state index contributed by atoms with van der Waals surface area (Å²) in [7, 11) is -3.94. The Morgan fingerprint density at radius 2 is 1.76 bits per heavy atom. The third-order valence-electron chi connectivity index (χ3n) is 4.93. The zero-order chi connectivity index (χ0) is 23.4. The topological polar surface area (TPSA) is 115 Å².